The van der Waals surface area contributed by atoms with Crippen molar-refractivity contribution in [2.45, 2.75) is 26.4 Å². The number of likely N-dealkylation sites (tertiary alicyclic amines) is 1. The second kappa shape index (κ2) is 7.72. The van der Waals surface area contributed by atoms with Crippen LogP contribution in [0.2, 0.25) is 0 Å². The zero-order valence-corrected chi connectivity index (χ0v) is 12.5. The lowest BCUT2D eigenvalue weighted by atomic mass is 10.1. The molecule has 112 valence electrons. The summed E-state index contributed by atoms with van der Waals surface area (Å²) in [5.41, 5.74) is 1.95. The Morgan fingerprint density at radius 2 is 2.30 bits per heavy atom. The minimum atomic E-state index is -0.0968. The summed E-state index contributed by atoms with van der Waals surface area (Å²) in [6.45, 7) is 7.35. The van der Waals surface area contributed by atoms with Crippen LogP contribution in [0.25, 0.3) is 0 Å². The number of benzene rings is 1. The standard InChI is InChI=1S/C16H25FN2O/c1-3-18-9-13-4-5-16(17)15(8-13)11-19-7-6-14(10-19)12-20-2/h4-5,8,14,18H,3,6-7,9-12H2,1-2H3. The van der Waals surface area contributed by atoms with Gasteiger partial charge >= 0.3 is 0 Å². The Balaban J connectivity index is 1.94. The molecule has 1 fully saturated rings. The lowest BCUT2D eigenvalue weighted by Crippen LogP contribution is -2.22. The molecule has 2 rings (SSSR count). The molecule has 0 aromatic heterocycles. The van der Waals surface area contributed by atoms with E-state index >= 15 is 0 Å². The van der Waals surface area contributed by atoms with Gasteiger partial charge in [0.2, 0.25) is 0 Å². The van der Waals surface area contributed by atoms with Crippen LogP contribution in [0.4, 0.5) is 4.39 Å². The first-order valence-electron chi connectivity index (χ1n) is 7.42. The summed E-state index contributed by atoms with van der Waals surface area (Å²) in [4.78, 5) is 2.32. The van der Waals surface area contributed by atoms with Gasteiger partial charge in [0, 0.05) is 32.3 Å². The van der Waals surface area contributed by atoms with Crippen molar-refractivity contribution in [3.05, 3.63) is 35.1 Å². The molecular weight excluding hydrogens is 255 g/mol. The molecule has 1 aliphatic rings. The lowest BCUT2D eigenvalue weighted by molar-refractivity contribution is 0.152. The molecule has 0 radical (unpaired) electrons. The number of nitrogens with one attached hydrogen (secondary N) is 1. The molecule has 4 heteroatoms. The average molecular weight is 280 g/mol. The number of rotatable bonds is 7. The molecule has 1 aliphatic heterocycles. The van der Waals surface area contributed by atoms with Gasteiger partial charge in [-0.25, -0.2) is 4.39 Å². The van der Waals surface area contributed by atoms with Gasteiger partial charge in [0.25, 0.3) is 0 Å². The van der Waals surface area contributed by atoms with Crippen molar-refractivity contribution >= 4 is 0 Å². The normalized spacial score (nSPS) is 19.6. The zero-order valence-electron chi connectivity index (χ0n) is 12.5. The number of ether oxygens (including phenoxy) is 1. The van der Waals surface area contributed by atoms with E-state index in [-0.39, 0.29) is 5.82 Å². The highest BCUT2D eigenvalue weighted by atomic mass is 19.1. The van der Waals surface area contributed by atoms with Crippen LogP contribution in [0, 0.1) is 11.7 Å². The lowest BCUT2D eigenvalue weighted by Gasteiger charge is -2.17. The van der Waals surface area contributed by atoms with E-state index in [2.05, 4.69) is 17.1 Å². The summed E-state index contributed by atoms with van der Waals surface area (Å²) in [6, 6.07) is 5.44. The van der Waals surface area contributed by atoms with Crippen molar-refractivity contribution in [3.8, 4) is 0 Å². The van der Waals surface area contributed by atoms with E-state index in [1.54, 1.807) is 13.2 Å². The van der Waals surface area contributed by atoms with Crippen molar-refractivity contribution in [3.63, 3.8) is 0 Å². The molecular formula is C16H25FN2O. The number of hydrogen-bond donors (Lipinski definition) is 1. The summed E-state index contributed by atoms with van der Waals surface area (Å²) in [5.74, 6) is 0.494. The minimum absolute atomic E-state index is 0.0968. The van der Waals surface area contributed by atoms with E-state index in [9.17, 15) is 4.39 Å². The van der Waals surface area contributed by atoms with Gasteiger partial charge < -0.3 is 10.1 Å². The average Bonchev–Trinajstić information content (AvgIpc) is 2.87. The Morgan fingerprint density at radius 3 is 3.05 bits per heavy atom. The highest BCUT2D eigenvalue weighted by molar-refractivity contribution is 5.25. The Morgan fingerprint density at radius 1 is 1.45 bits per heavy atom. The molecule has 1 aromatic rings. The molecule has 3 nitrogen and oxygen atoms in total. The highest BCUT2D eigenvalue weighted by Gasteiger charge is 2.23. The fourth-order valence-corrected chi connectivity index (χ4v) is 2.80. The van der Waals surface area contributed by atoms with Crippen LogP contribution in [-0.2, 0) is 17.8 Å². The summed E-state index contributed by atoms with van der Waals surface area (Å²) in [6.07, 6.45) is 1.15. The first kappa shape index (κ1) is 15.4. The third kappa shape index (κ3) is 4.27. The first-order valence-corrected chi connectivity index (χ1v) is 7.42. The number of methoxy groups -OCH3 is 1. The minimum Gasteiger partial charge on any atom is -0.384 e. The maximum atomic E-state index is 13.9. The van der Waals surface area contributed by atoms with Crippen LogP contribution in [0.1, 0.15) is 24.5 Å². The van der Waals surface area contributed by atoms with Crippen LogP contribution in [0.3, 0.4) is 0 Å². The number of hydrogen-bond acceptors (Lipinski definition) is 3. The van der Waals surface area contributed by atoms with Crippen molar-refractivity contribution in [2.75, 3.05) is 33.4 Å². The molecule has 20 heavy (non-hydrogen) atoms. The predicted molar refractivity (Wildman–Crippen MR) is 79.0 cm³/mol. The van der Waals surface area contributed by atoms with Gasteiger partial charge in [-0.3, -0.25) is 4.90 Å². The Hall–Kier alpha value is -0.970. The van der Waals surface area contributed by atoms with Gasteiger partial charge in [-0.2, -0.15) is 0 Å². The molecule has 1 atom stereocenters. The molecule has 0 spiro atoms. The van der Waals surface area contributed by atoms with E-state index in [0.717, 1.165) is 50.3 Å². The third-order valence-electron chi connectivity index (χ3n) is 3.86. The molecule has 1 aromatic carbocycles. The Kier molecular flexibility index (Phi) is 5.95. The summed E-state index contributed by atoms with van der Waals surface area (Å²) in [7, 11) is 1.74. The molecule has 0 saturated carbocycles. The van der Waals surface area contributed by atoms with Gasteiger partial charge in [0.1, 0.15) is 5.82 Å². The summed E-state index contributed by atoms with van der Waals surface area (Å²) in [5, 5.41) is 3.28. The van der Waals surface area contributed by atoms with Crippen molar-refractivity contribution in [1.82, 2.24) is 10.2 Å². The van der Waals surface area contributed by atoms with Gasteiger partial charge in [-0.15, -0.1) is 0 Å². The van der Waals surface area contributed by atoms with Crippen molar-refractivity contribution in [2.24, 2.45) is 5.92 Å². The smallest absolute Gasteiger partial charge is 0.127 e. The van der Waals surface area contributed by atoms with Crippen LogP contribution in [0.5, 0.6) is 0 Å². The van der Waals surface area contributed by atoms with E-state index in [0.29, 0.717) is 12.5 Å². The van der Waals surface area contributed by atoms with Gasteiger partial charge in [0.05, 0.1) is 6.61 Å². The molecule has 0 bridgehead atoms. The van der Waals surface area contributed by atoms with Crippen molar-refractivity contribution < 1.29 is 9.13 Å². The molecule has 1 N–H and O–H groups in total. The maximum absolute atomic E-state index is 13.9. The van der Waals surface area contributed by atoms with E-state index in [1.165, 1.54) is 0 Å². The number of halogens is 1. The third-order valence-corrected chi connectivity index (χ3v) is 3.86. The topological polar surface area (TPSA) is 24.5 Å². The van der Waals surface area contributed by atoms with E-state index < -0.39 is 0 Å². The van der Waals surface area contributed by atoms with Crippen LogP contribution in [-0.4, -0.2) is 38.3 Å². The molecule has 1 unspecified atom stereocenters. The highest BCUT2D eigenvalue weighted by Crippen LogP contribution is 2.20. The quantitative estimate of drug-likeness (QED) is 0.830. The van der Waals surface area contributed by atoms with Crippen molar-refractivity contribution in [1.29, 1.82) is 0 Å². The molecule has 1 saturated heterocycles. The number of nitrogens with zero attached hydrogens (tertiary/aromatic N) is 1. The maximum Gasteiger partial charge on any atom is 0.127 e. The summed E-state index contributed by atoms with van der Waals surface area (Å²) >= 11 is 0. The van der Waals surface area contributed by atoms with Gasteiger partial charge in [-0.1, -0.05) is 19.1 Å². The van der Waals surface area contributed by atoms with E-state index in [1.807, 2.05) is 12.1 Å². The molecule has 1 heterocycles. The fourth-order valence-electron chi connectivity index (χ4n) is 2.80. The van der Waals surface area contributed by atoms with Crippen LogP contribution >= 0.6 is 0 Å². The predicted octanol–water partition coefficient (Wildman–Crippen LogP) is 2.40. The first-order chi connectivity index (χ1) is 9.72. The largest absolute Gasteiger partial charge is 0.384 e. The SMILES string of the molecule is CCNCc1ccc(F)c(CN2CCC(COC)C2)c1. The van der Waals surface area contributed by atoms with E-state index in [4.69, 9.17) is 4.74 Å². The molecule has 0 amide bonds. The Labute approximate surface area is 121 Å². The molecule has 0 aliphatic carbocycles. The van der Waals surface area contributed by atoms with Gasteiger partial charge in [0.15, 0.2) is 0 Å². The fraction of sp³-hybridized carbons (Fsp3) is 0.625. The van der Waals surface area contributed by atoms with Crippen LogP contribution < -0.4 is 5.32 Å². The van der Waals surface area contributed by atoms with Gasteiger partial charge in [-0.05, 0) is 37.1 Å². The second-order valence-corrected chi connectivity index (χ2v) is 5.55. The summed E-state index contributed by atoms with van der Waals surface area (Å²) < 4.78 is 19.1. The second-order valence-electron chi connectivity index (χ2n) is 5.55. The monoisotopic (exact) mass is 280 g/mol. The zero-order chi connectivity index (χ0) is 14.4. The van der Waals surface area contributed by atoms with Crippen LogP contribution in [0.15, 0.2) is 18.2 Å². The Bertz CT molecular complexity index is 425.